The van der Waals surface area contributed by atoms with E-state index < -0.39 is 5.56 Å². The Morgan fingerprint density at radius 1 is 1.29 bits per heavy atom. The lowest BCUT2D eigenvalue weighted by Gasteiger charge is -2.62. The summed E-state index contributed by atoms with van der Waals surface area (Å²) in [6.45, 7) is 7.14. The van der Waals surface area contributed by atoms with Crippen LogP contribution in [0.25, 0.3) is 0 Å². The lowest BCUT2D eigenvalue weighted by molar-refractivity contribution is -0.122. The summed E-state index contributed by atoms with van der Waals surface area (Å²) in [5.74, 6) is 1.56. The van der Waals surface area contributed by atoms with Gasteiger partial charge in [0.25, 0.3) is 5.56 Å². The molecule has 8 heteroatoms. The van der Waals surface area contributed by atoms with Crippen molar-refractivity contribution in [1.29, 1.82) is 0 Å². The molecular formula is C23H30ClN5O2. The summed E-state index contributed by atoms with van der Waals surface area (Å²) < 4.78 is 1.09. The first-order valence-electron chi connectivity index (χ1n) is 10.8. The molecule has 31 heavy (non-hydrogen) atoms. The zero-order valence-corrected chi connectivity index (χ0v) is 18.9. The third-order valence-corrected chi connectivity index (χ3v) is 7.81. The number of anilines is 2. The third kappa shape index (κ3) is 4.15. The lowest BCUT2D eigenvalue weighted by Crippen LogP contribution is -2.58. The van der Waals surface area contributed by atoms with Crippen molar-refractivity contribution in [3.05, 3.63) is 51.4 Å². The van der Waals surface area contributed by atoms with Crippen molar-refractivity contribution >= 4 is 28.9 Å². The van der Waals surface area contributed by atoms with Crippen LogP contribution in [-0.4, -0.2) is 21.7 Å². The minimum absolute atomic E-state index is 0.0760. The predicted octanol–water partition coefficient (Wildman–Crippen LogP) is 3.28. The molecule has 1 amide bonds. The molecule has 4 atom stereocenters. The first-order valence-corrected chi connectivity index (χ1v) is 11.2. The van der Waals surface area contributed by atoms with Crippen LogP contribution < -0.4 is 21.9 Å². The quantitative estimate of drug-likeness (QED) is 0.594. The molecule has 3 aliphatic rings. The molecule has 1 heterocycles. The number of hydrogen-bond acceptors (Lipinski definition) is 5. The summed E-state index contributed by atoms with van der Waals surface area (Å²) in [5.41, 5.74) is 7.71. The number of carbonyl (C=O) groups excluding carboxylic acids is 1. The Morgan fingerprint density at radius 3 is 2.65 bits per heavy atom. The fourth-order valence-electron chi connectivity index (χ4n) is 5.25. The van der Waals surface area contributed by atoms with E-state index in [0.717, 1.165) is 16.7 Å². The van der Waals surface area contributed by atoms with E-state index in [0.29, 0.717) is 41.1 Å². The van der Waals surface area contributed by atoms with Crippen LogP contribution in [0.3, 0.4) is 0 Å². The minimum atomic E-state index is -0.469. The van der Waals surface area contributed by atoms with Crippen molar-refractivity contribution in [2.24, 2.45) is 23.2 Å². The van der Waals surface area contributed by atoms with Crippen molar-refractivity contribution in [1.82, 2.24) is 15.1 Å². The van der Waals surface area contributed by atoms with Crippen molar-refractivity contribution in [3.8, 4) is 0 Å². The number of carbonyl (C=O) groups is 1. The number of halogens is 1. The van der Waals surface area contributed by atoms with Crippen LogP contribution in [0.2, 0.25) is 5.02 Å². The molecule has 166 valence electrons. The molecule has 7 nitrogen and oxygen atoms in total. The van der Waals surface area contributed by atoms with Gasteiger partial charge in [0.1, 0.15) is 11.6 Å². The summed E-state index contributed by atoms with van der Waals surface area (Å²) in [6, 6.07) is 7.51. The van der Waals surface area contributed by atoms with Crippen LogP contribution >= 0.6 is 11.6 Å². The number of amides is 1. The molecule has 1 aromatic carbocycles. The van der Waals surface area contributed by atoms with Crippen LogP contribution in [0, 0.1) is 23.2 Å². The maximum absolute atomic E-state index is 12.7. The van der Waals surface area contributed by atoms with E-state index >= 15 is 0 Å². The number of nitrogens with two attached hydrogens (primary N) is 1. The monoisotopic (exact) mass is 443 g/mol. The van der Waals surface area contributed by atoms with Gasteiger partial charge >= 0.3 is 0 Å². The molecule has 2 bridgehead atoms. The summed E-state index contributed by atoms with van der Waals surface area (Å²) in [6.07, 6.45) is 3.90. The number of rotatable bonds is 6. The Morgan fingerprint density at radius 2 is 2.00 bits per heavy atom. The number of benzene rings is 1. The highest BCUT2D eigenvalue weighted by Crippen LogP contribution is 2.61. The SMILES string of the molecule is C[C@@H]1[C@H]2C[C@@H](C[C@H]1Nc1cnn(CC(=O)NCc3ccc(N)cc3)c(=O)c1Cl)C2(C)C. The second-order valence-corrected chi connectivity index (χ2v) is 9.94. The number of fused-ring (bicyclic) bond motifs is 2. The molecule has 0 saturated heterocycles. The number of nitrogens with zero attached hydrogens (tertiary/aromatic N) is 2. The molecule has 2 aromatic rings. The zero-order chi connectivity index (χ0) is 22.3. The van der Waals surface area contributed by atoms with Gasteiger partial charge < -0.3 is 16.4 Å². The maximum Gasteiger partial charge on any atom is 0.288 e. The van der Waals surface area contributed by atoms with E-state index in [1.165, 1.54) is 6.42 Å². The Balaban J connectivity index is 1.38. The molecule has 0 aliphatic heterocycles. The first-order chi connectivity index (χ1) is 14.7. The highest BCUT2D eigenvalue weighted by molar-refractivity contribution is 6.32. The molecule has 1 aromatic heterocycles. The molecule has 3 aliphatic carbocycles. The molecule has 0 spiro atoms. The van der Waals surface area contributed by atoms with Crippen molar-refractivity contribution < 1.29 is 4.79 Å². The number of aromatic nitrogens is 2. The summed E-state index contributed by atoms with van der Waals surface area (Å²) in [4.78, 5) is 24.9. The number of hydrogen-bond donors (Lipinski definition) is 3. The van der Waals surface area contributed by atoms with Crippen LogP contribution in [0.15, 0.2) is 35.3 Å². The van der Waals surface area contributed by atoms with Gasteiger partial charge in [-0.2, -0.15) is 5.10 Å². The van der Waals surface area contributed by atoms with E-state index in [1.807, 2.05) is 12.1 Å². The van der Waals surface area contributed by atoms with Gasteiger partial charge in [0, 0.05) is 18.3 Å². The summed E-state index contributed by atoms with van der Waals surface area (Å²) >= 11 is 6.36. The molecule has 3 saturated carbocycles. The Kier molecular flexibility index (Phi) is 5.73. The van der Waals surface area contributed by atoms with Crippen LogP contribution in [-0.2, 0) is 17.9 Å². The van der Waals surface area contributed by atoms with Gasteiger partial charge in [0.2, 0.25) is 5.91 Å². The second-order valence-electron chi connectivity index (χ2n) is 9.56. The molecule has 0 radical (unpaired) electrons. The number of nitrogen functional groups attached to an aromatic ring is 1. The normalized spacial score (nSPS) is 26.1. The van der Waals surface area contributed by atoms with Gasteiger partial charge in [-0.05, 0) is 53.7 Å². The molecule has 3 fully saturated rings. The maximum atomic E-state index is 12.7. The van der Waals surface area contributed by atoms with Gasteiger partial charge in [-0.15, -0.1) is 0 Å². The van der Waals surface area contributed by atoms with Crippen molar-refractivity contribution in [2.75, 3.05) is 11.1 Å². The average Bonchev–Trinajstić information content (AvgIpc) is 2.74. The molecular weight excluding hydrogens is 414 g/mol. The predicted molar refractivity (Wildman–Crippen MR) is 123 cm³/mol. The Hall–Kier alpha value is -2.54. The van der Waals surface area contributed by atoms with Crippen molar-refractivity contribution in [3.63, 3.8) is 0 Å². The van der Waals surface area contributed by atoms with Gasteiger partial charge in [-0.3, -0.25) is 9.59 Å². The second kappa shape index (κ2) is 8.19. The molecule has 0 unspecified atom stereocenters. The standard InChI is InChI=1S/C23H30ClN5O2/c1-13-17-8-15(23(17,2)3)9-18(13)28-19-11-27-29(22(31)21(19)24)12-20(30)26-10-14-4-6-16(25)7-5-14/h4-7,11,13,15,17-18,28H,8-10,12,25H2,1-3H3,(H,26,30)/t13-,15+,17-,18-/m1/s1. The topological polar surface area (TPSA) is 102 Å². The third-order valence-electron chi connectivity index (χ3n) is 7.44. The summed E-state index contributed by atoms with van der Waals surface area (Å²) in [5, 5.41) is 10.5. The van der Waals surface area contributed by atoms with Crippen LogP contribution in [0.5, 0.6) is 0 Å². The van der Waals surface area contributed by atoms with Crippen LogP contribution in [0.4, 0.5) is 11.4 Å². The van der Waals surface area contributed by atoms with Crippen molar-refractivity contribution in [2.45, 2.75) is 52.7 Å². The van der Waals surface area contributed by atoms with Gasteiger partial charge in [0.15, 0.2) is 0 Å². The van der Waals surface area contributed by atoms with Gasteiger partial charge in [0.05, 0.1) is 11.9 Å². The Bertz CT molecular complexity index is 1030. The fraction of sp³-hybridized carbons (Fsp3) is 0.522. The van der Waals surface area contributed by atoms with E-state index in [1.54, 1.807) is 18.3 Å². The van der Waals surface area contributed by atoms with E-state index in [4.69, 9.17) is 17.3 Å². The summed E-state index contributed by atoms with van der Waals surface area (Å²) in [7, 11) is 0. The van der Waals surface area contributed by atoms with E-state index in [-0.39, 0.29) is 23.5 Å². The largest absolute Gasteiger partial charge is 0.399 e. The molecule has 4 N–H and O–H groups in total. The van der Waals surface area contributed by atoms with Gasteiger partial charge in [-0.25, -0.2) is 4.68 Å². The van der Waals surface area contributed by atoms with Crippen LogP contribution in [0.1, 0.15) is 39.2 Å². The highest BCUT2D eigenvalue weighted by Gasteiger charge is 2.56. The Labute approximate surface area is 187 Å². The lowest BCUT2D eigenvalue weighted by atomic mass is 9.45. The van der Waals surface area contributed by atoms with Gasteiger partial charge in [-0.1, -0.05) is 44.5 Å². The smallest absolute Gasteiger partial charge is 0.288 e. The zero-order valence-electron chi connectivity index (χ0n) is 18.2. The highest BCUT2D eigenvalue weighted by atomic mass is 35.5. The minimum Gasteiger partial charge on any atom is -0.399 e. The van der Waals surface area contributed by atoms with E-state index in [9.17, 15) is 9.59 Å². The fourth-order valence-corrected chi connectivity index (χ4v) is 5.45. The first kappa shape index (κ1) is 21.7. The molecule has 5 rings (SSSR count). The average molecular weight is 444 g/mol. The number of nitrogens with one attached hydrogen (secondary N) is 2. The van der Waals surface area contributed by atoms with E-state index in [2.05, 4.69) is 36.5 Å².